The Hall–Kier alpha value is -0.580. The Kier molecular flexibility index (Phi) is 5.47. The molecule has 1 aromatic heterocycles. The molecular formula is C15H27ClN4. The van der Waals surface area contributed by atoms with Gasteiger partial charge in [0.1, 0.15) is 5.15 Å². The molecule has 0 radical (unpaired) electrons. The van der Waals surface area contributed by atoms with Gasteiger partial charge >= 0.3 is 0 Å². The average Bonchev–Trinajstić information content (AvgIpc) is 2.67. The first-order valence-corrected chi connectivity index (χ1v) is 8.10. The van der Waals surface area contributed by atoms with Crippen LogP contribution in [0.25, 0.3) is 0 Å². The number of aromatic nitrogens is 2. The van der Waals surface area contributed by atoms with Gasteiger partial charge in [0.15, 0.2) is 0 Å². The van der Waals surface area contributed by atoms with Crippen LogP contribution >= 0.6 is 11.6 Å². The van der Waals surface area contributed by atoms with Gasteiger partial charge in [0.05, 0.1) is 5.69 Å². The molecule has 1 aliphatic heterocycles. The number of nitrogens with zero attached hydrogens (tertiary/aromatic N) is 3. The van der Waals surface area contributed by atoms with Crippen LogP contribution in [0.15, 0.2) is 0 Å². The summed E-state index contributed by atoms with van der Waals surface area (Å²) in [5.41, 5.74) is 2.24. The first kappa shape index (κ1) is 15.8. The van der Waals surface area contributed by atoms with E-state index < -0.39 is 0 Å². The quantitative estimate of drug-likeness (QED) is 0.907. The molecule has 5 heteroatoms. The maximum atomic E-state index is 6.39. The van der Waals surface area contributed by atoms with Crippen molar-refractivity contribution in [3.8, 4) is 0 Å². The smallest absolute Gasteiger partial charge is 0.131 e. The van der Waals surface area contributed by atoms with Gasteiger partial charge in [0.2, 0.25) is 0 Å². The Bertz CT molecular complexity index is 443. The normalized spacial score (nSPS) is 24.2. The van der Waals surface area contributed by atoms with Crippen molar-refractivity contribution in [2.24, 2.45) is 7.05 Å². The number of halogens is 1. The van der Waals surface area contributed by atoms with E-state index in [1.165, 1.54) is 24.8 Å². The Morgan fingerprint density at radius 3 is 2.70 bits per heavy atom. The maximum Gasteiger partial charge on any atom is 0.131 e. The summed E-state index contributed by atoms with van der Waals surface area (Å²) in [6, 6.07) is 1.21. The van der Waals surface area contributed by atoms with Gasteiger partial charge in [-0.1, -0.05) is 31.9 Å². The molecule has 4 nitrogen and oxygen atoms in total. The zero-order valence-electron chi connectivity index (χ0n) is 13.1. The van der Waals surface area contributed by atoms with Crippen molar-refractivity contribution in [1.82, 2.24) is 20.0 Å². The third kappa shape index (κ3) is 3.35. The standard InChI is InChI=1S/C15H27ClN4/c1-5-7-13-8-17-12(6-2)9-20(13)10-14-11(3)18-19(4)15(14)16/h12-13,17H,5-10H2,1-4H3. The first-order valence-electron chi connectivity index (χ1n) is 7.72. The molecule has 114 valence electrons. The number of hydrogen-bond acceptors (Lipinski definition) is 3. The summed E-state index contributed by atoms with van der Waals surface area (Å²) in [6.07, 6.45) is 3.63. The fourth-order valence-corrected chi connectivity index (χ4v) is 3.30. The van der Waals surface area contributed by atoms with Crippen molar-refractivity contribution < 1.29 is 0 Å². The number of nitrogens with one attached hydrogen (secondary N) is 1. The van der Waals surface area contributed by atoms with E-state index in [4.69, 9.17) is 11.6 Å². The van der Waals surface area contributed by atoms with Gasteiger partial charge in [0, 0.05) is 44.3 Å². The zero-order chi connectivity index (χ0) is 14.7. The van der Waals surface area contributed by atoms with Crippen LogP contribution in [0, 0.1) is 6.92 Å². The van der Waals surface area contributed by atoms with Gasteiger partial charge in [-0.3, -0.25) is 9.58 Å². The molecule has 20 heavy (non-hydrogen) atoms. The predicted molar refractivity (Wildman–Crippen MR) is 84.1 cm³/mol. The van der Waals surface area contributed by atoms with E-state index in [0.29, 0.717) is 12.1 Å². The molecule has 0 bridgehead atoms. The molecule has 0 amide bonds. The molecule has 2 unspecified atom stereocenters. The van der Waals surface area contributed by atoms with E-state index in [0.717, 1.165) is 30.5 Å². The van der Waals surface area contributed by atoms with Crippen LogP contribution in [0.2, 0.25) is 5.15 Å². The molecule has 1 aromatic rings. The van der Waals surface area contributed by atoms with Crippen molar-refractivity contribution in [3.05, 3.63) is 16.4 Å². The number of piperazine rings is 1. The summed E-state index contributed by atoms with van der Waals surface area (Å²) in [7, 11) is 1.91. The largest absolute Gasteiger partial charge is 0.311 e. The van der Waals surface area contributed by atoms with E-state index in [1.54, 1.807) is 4.68 Å². The topological polar surface area (TPSA) is 33.1 Å². The minimum Gasteiger partial charge on any atom is -0.311 e. The summed E-state index contributed by atoms with van der Waals surface area (Å²) in [6.45, 7) is 9.66. The molecule has 1 N–H and O–H groups in total. The molecule has 0 saturated carbocycles. The van der Waals surface area contributed by atoms with E-state index in [9.17, 15) is 0 Å². The molecule has 0 spiro atoms. The van der Waals surface area contributed by atoms with Gasteiger partial charge in [-0.05, 0) is 19.8 Å². The number of hydrogen-bond donors (Lipinski definition) is 1. The van der Waals surface area contributed by atoms with Crippen LogP contribution in [0.3, 0.4) is 0 Å². The third-order valence-corrected chi connectivity index (χ3v) is 4.83. The number of aryl methyl sites for hydroxylation is 2. The van der Waals surface area contributed by atoms with Crippen molar-refractivity contribution in [3.63, 3.8) is 0 Å². The SMILES string of the molecule is CCCC1CNC(CC)CN1Cc1c(C)nn(C)c1Cl. The van der Waals surface area contributed by atoms with E-state index >= 15 is 0 Å². The average molecular weight is 299 g/mol. The second kappa shape index (κ2) is 6.92. The molecule has 1 fully saturated rings. The van der Waals surface area contributed by atoms with Gasteiger partial charge < -0.3 is 5.32 Å². The summed E-state index contributed by atoms with van der Waals surface area (Å²) in [5.74, 6) is 0. The van der Waals surface area contributed by atoms with Gasteiger partial charge in [0.25, 0.3) is 0 Å². The molecular weight excluding hydrogens is 272 g/mol. The molecule has 2 heterocycles. The lowest BCUT2D eigenvalue weighted by Gasteiger charge is -2.40. The lowest BCUT2D eigenvalue weighted by molar-refractivity contribution is 0.113. The highest BCUT2D eigenvalue weighted by molar-refractivity contribution is 6.30. The Balaban J connectivity index is 2.13. The predicted octanol–water partition coefficient (Wildman–Crippen LogP) is 2.73. The zero-order valence-corrected chi connectivity index (χ0v) is 13.9. The molecule has 1 saturated heterocycles. The van der Waals surface area contributed by atoms with Crippen molar-refractivity contribution in [1.29, 1.82) is 0 Å². The van der Waals surface area contributed by atoms with E-state index in [1.807, 2.05) is 7.05 Å². The summed E-state index contributed by atoms with van der Waals surface area (Å²) < 4.78 is 1.78. The van der Waals surface area contributed by atoms with Gasteiger partial charge in [-0.15, -0.1) is 0 Å². The van der Waals surface area contributed by atoms with Crippen LogP contribution in [-0.2, 0) is 13.6 Å². The van der Waals surface area contributed by atoms with Crippen LogP contribution < -0.4 is 5.32 Å². The molecule has 0 aliphatic carbocycles. The van der Waals surface area contributed by atoms with Crippen molar-refractivity contribution in [2.45, 2.75) is 58.7 Å². The fourth-order valence-electron chi connectivity index (χ4n) is 3.07. The highest BCUT2D eigenvalue weighted by Crippen LogP contribution is 2.24. The Labute approximate surface area is 127 Å². The summed E-state index contributed by atoms with van der Waals surface area (Å²) in [4.78, 5) is 2.59. The molecule has 1 aliphatic rings. The highest BCUT2D eigenvalue weighted by atomic mass is 35.5. The van der Waals surface area contributed by atoms with Gasteiger partial charge in [-0.25, -0.2) is 0 Å². The monoisotopic (exact) mass is 298 g/mol. The van der Waals surface area contributed by atoms with E-state index in [2.05, 4.69) is 36.1 Å². The van der Waals surface area contributed by atoms with Crippen LogP contribution in [0.1, 0.15) is 44.4 Å². The van der Waals surface area contributed by atoms with Crippen LogP contribution in [0.4, 0.5) is 0 Å². The van der Waals surface area contributed by atoms with Crippen LogP contribution in [-0.4, -0.2) is 39.9 Å². The first-order chi connectivity index (χ1) is 9.56. The second-order valence-corrected chi connectivity index (χ2v) is 6.22. The fraction of sp³-hybridized carbons (Fsp3) is 0.800. The Morgan fingerprint density at radius 1 is 1.40 bits per heavy atom. The highest BCUT2D eigenvalue weighted by Gasteiger charge is 2.28. The Morgan fingerprint density at radius 2 is 2.15 bits per heavy atom. The third-order valence-electron chi connectivity index (χ3n) is 4.36. The van der Waals surface area contributed by atoms with Crippen molar-refractivity contribution in [2.75, 3.05) is 13.1 Å². The second-order valence-electron chi connectivity index (χ2n) is 5.86. The van der Waals surface area contributed by atoms with E-state index in [-0.39, 0.29) is 0 Å². The number of rotatable bonds is 5. The molecule has 2 atom stereocenters. The van der Waals surface area contributed by atoms with Crippen molar-refractivity contribution >= 4 is 11.6 Å². The minimum absolute atomic E-state index is 0.596. The lowest BCUT2D eigenvalue weighted by atomic mass is 10.0. The lowest BCUT2D eigenvalue weighted by Crippen LogP contribution is -2.55. The maximum absolute atomic E-state index is 6.39. The van der Waals surface area contributed by atoms with Crippen LogP contribution in [0.5, 0.6) is 0 Å². The molecule has 2 rings (SSSR count). The molecule has 0 aromatic carbocycles. The summed E-state index contributed by atoms with van der Waals surface area (Å²) in [5, 5.41) is 8.87. The minimum atomic E-state index is 0.596. The summed E-state index contributed by atoms with van der Waals surface area (Å²) >= 11 is 6.39. The van der Waals surface area contributed by atoms with Gasteiger partial charge in [-0.2, -0.15) is 5.10 Å².